The molecule has 0 radical (unpaired) electrons. The Labute approximate surface area is 162 Å². The summed E-state index contributed by atoms with van der Waals surface area (Å²) in [7, 11) is 0. The minimum atomic E-state index is -1.02. The molecule has 0 atom stereocenters. The van der Waals surface area contributed by atoms with Crippen LogP contribution in [0.1, 0.15) is 19.8 Å². The number of hydroxylamine groups is 2. The number of amides is 2. The van der Waals surface area contributed by atoms with Crippen LogP contribution in [0.15, 0.2) is 0 Å². The molecule has 0 bridgehead atoms. The molecule has 0 aromatic rings. The maximum absolute atomic E-state index is 12.0. The molecule has 158 valence electrons. The van der Waals surface area contributed by atoms with Crippen molar-refractivity contribution >= 4 is 29.7 Å². The van der Waals surface area contributed by atoms with Gasteiger partial charge in [-0.1, -0.05) is 6.92 Å². The summed E-state index contributed by atoms with van der Waals surface area (Å²) in [5.74, 6) is -3.88. The number of carbonyl (C=O) groups excluding carboxylic acids is 3. The van der Waals surface area contributed by atoms with Gasteiger partial charge < -0.3 is 20.4 Å². The normalized spacial score (nSPS) is 14.2. The van der Waals surface area contributed by atoms with Crippen LogP contribution >= 0.6 is 0 Å². The van der Waals surface area contributed by atoms with Crippen molar-refractivity contribution in [2.45, 2.75) is 19.8 Å². The Hall–Kier alpha value is -2.57. The minimum absolute atomic E-state index is 0.0175. The van der Waals surface area contributed by atoms with E-state index in [-0.39, 0.29) is 32.5 Å². The first-order chi connectivity index (χ1) is 13.2. The molecule has 1 fully saturated rings. The third-order valence-corrected chi connectivity index (χ3v) is 3.97. The first kappa shape index (κ1) is 23.5. The van der Waals surface area contributed by atoms with Crippen molar-refractivity contribution in [2.24, 2.45) is 0 Å². The average Bonchev–Trinajstić information content (AvgIpc) is 2.93. The number of imide groups is 1. The fourth-order valence-corrected chi connectivity index (χ4v) is 2.50. The third kappa shape index (κ3) is 8.88. The average molecular weight is 402 g/mol. The molecule has 0 aromatic carbocycles. The van der Waals surface area contributed by atoms with Gasteiger partial charge in [-0.05, 0) is 6.54 Å². The van der Waals surface area contributed by atoms with Gasteiger partial charge in [0.1, 0.15) is 0 Å². The Kier molecular flexibility index (Phi) is 10.1. The lowest BCUT2D eigenvalue weighted by Crippen LogP contribution is -2.43. The van der Waals surface area contributed by atoms with Crippen molar-refractivity contribution in [1.29, 1.82) is 0 Å². The van der Waals surface area contributed by atoms with Crippen LogP contribution in [0.3, 0.4) is 0 Å². The van der Waals surface area contributed by atoms with Crippen molar-refractivity contribution in [3.8, 4) is 0 Å². The van der Waals surface area contributed by atoms with Gasteiger partial charge in [-0.25, -0.2) is 4.79 Å². The fraction of sp³-hybridized carbons (Fsp3) is 0.688. The van der Waals surface area contributed by atoms with Crippen LogP contribution in [0.5, 0.6) is 0 Å². The maximum Gasteiger partial charge on any atom is 0.347 e. The number of carboxylic acid groups (broad SMARTS) is 2. The topological polar surface area (TPSA) is 157 Å². The van der Waals surface area contributed by atoms with Gasteiger partial charge in [-0.2, -0.15) is 0 Å². The van der Waals surface area contributed by atoms with E-state index in [1.807, 2.05) is 0 Å². The number of hydrogen-bond donors (Lipinski definition) is 3. The van der Waals surface area contributed by atoms with Gasteiger partial charge in [-0.15, -0.1) is 5.06 Å². The summed E-state index contributed by atoms with van der Waals surface area (Å²) < 4.78 is 0. The third-order valence-electron chi connectivity index (χ3n) is 3.97. The van der Waals surface area contributed by atoms with Gasteiger partial charge in [0, 0.05) is 39.0 Å². The molecule has 3 N–H and O–H groups in total. The largest absolute Gasteiger partial charge is 0.480 e. The predicted octanol–water partition coefficient (Wildman–Crippen LogP) is -2.02. The summed E-state index contributed by atoms with van der Waals surface area (Å²) in [6, 6.07) is 0. The Balaban J connectivity index is 2.45. The second-order valence-electron chi connectivity index (χ2n) is 6.15. The standard InChI is InChI=1S/C16H26N4O8/c1-2-18(11-16(27)28-20-12(21)3-4-13(20)22)7-8-19(10-15(25)26)6-5-17-9-14(23)24/h17H,2-11H2,1H3,(H,23,24)(H,25,26). The zero-order valence-corrected chi connectivity index (χ0v) is 15.8. The second-order valence-corrected chi connectivity index (χ2v) is 6.15. The minimum Gasteiger partial charge on any atom is -0.480 e. The Morgan fingerprint density at radius 1 is 1.00 bits per heavy atom. The van der Waals surface area contributed by atoms with Crippen LogP contribution < -0.4 is 5.32 Å². The van der Waals surface area contributed by atoms with Crippen LogP contribution in [-0.4, -0.2) is 107 Å². The molecule has 12 heteroatoms. The highest BCUT2D eigenvalue weighted by Crippen LogP contribution is 2.12. The number of carboxylic acids is 2. The maximum atomic E-state index is 12.0. The van der Waals surface area contributed by atoms with E-state index in [2.05, 4.69) is 5.32 Å². The number of hydrogen-bond acceptors (Lipinski definition) is 9. The predicted molar refractivity (Wildman–Crippen MR) is 93.9 cm³/mol. The summed E-state index contributed by atoms with van der Waals surface area (Å²) in [5, 5.41) is 20.7. The lowest BCUT2D eigenvalue weighted by Gasteiger charge is -2.25. The molecular weight excluding hydrogens is 376 g/mol. The zero-order chi connectivity index (χ0) is 21.1. The molecule has 0 spiro atoms. The van der Waals surface area contributed by atoms with E-state index in [0.717, 1.165) is 0 Å². The molecule has 0 aromatic heterocycles. The summed E-state index contributed by atoms with van der Waals surface area (Å²) in [6.07, 6.45) is 0.0351. The molecule has 1 aliphatic rings. The van der Waals surface area contributed by atoms with Crippen molar-refractivity contribution in [2.75, 3.05) is 52.4 Å². The van der Waals surface area contributed by atoms with Crippen LogP contribution in [-0.2, 0) is 28.8 Å². The van der Waals surface area contributed by atoms with Gasteiger partial charge in [-0.3, -0.25) is 29.0 Å². The van der Waals surface area contributed by atoms with Gasteiger partial charge in [0.15, 0.2) is 0 Å². The van der Waals surface area contributed by atoms with Gasteiger partial charge in [0.05, 0.1) is 19.6 Å². The highest BCUT2D eigenvalue weighted by atomic mass is 16.7. The molecule has 1 heterocycles. The Morgan fingerprint density at radius 2 is 1.61 bits per heavy atom. The molecule has 2 amide bonds. The van der Waals surface area contributed by atoms with E-state index in [0.29, 0.717) is 37.8 Å². The second kappa shape index (κ2) is 12.0. The Bertz CT molecular complexity index is 581. The van der Waals surface area contributed by atoms with Crippen LogP contribution in [0.4, 0.5) is 0 Å². The molecule has 1 aliphatic heterocycles. The Morgan fingerprint density at radius 3 is 2.14 bits per heavy atom. The van der Waals surface area contributed by atoms with E-state index >= 15 is 0 Å². The van der Waals surface area contributed by atoms with Crippen molar-refractivity contribution in [1.82, 2.24) is 20.2 Å². The molecule has 28 heavy (non-hydrogen) atoms. The van der Waals surface area contributed by atoms with Crippen LogP contribution in [0, 0.1) is 0 Å². The number of nitrogens with zero attached hydrogens (tertiary/aromatic N) is 3. The number of rotatable bonds is 14. The first-order valence-electron chi connectivity index (χ1n) is 8.88. The van der Waals surface area contributed by atoms with E-state index in [4.69, 9.17) is 15.1 Å². The van der Waals surface area contributed by atoms with E-state index in [1.165, 1.54) is 0 Å². The number of aliphatic carboxylic acids is 2. The van der Waals surface area contributed by atoms with E-state index in [9.17, 15) is 24.0 Å². The van der Waals surface area contributed by atoms with Crippen molar-refractivity contribution < 1.29 is 39.0 Å². The van der Waals surface area contributed by atoms with Crippen molar-refractivity contribution in [3.05, 3.63) is 0 Å². The molecule has 1 rings (SSSR count). The lowest BCUT2D eigenvalue weighted by molar-refractivity contribution is -0.198. The lowest BCUT2D eigenvalue weighted by atomic mass is 10.4. The van der Waals surface area contributed by atoms with Crippen LogP contribution in [0.2, 0.25) is 0 Å². The summed E-state index contributed by atoms with van der Waals surface area (Å²) in [5.41, 5.74) is 0. The number of nitrogens with one attached hydrogen (secondary N) is 1. The van der Waals surface area contributed by atoms with E-state index < -0.39 is 29.7 Å². The summed E-state index contributed by atoms with van der Waals surface area (Å²) in [4.78, 5) is 64.5. The molecule has 0 saturated carbocycles. The molecule has 0 unspecified atom stereocenters. The molecule has 1 saturated heterocycles. The van der Waals surface area contributed by atoms with E-state index in [1.54, 1.807) is 16.7 Å². The molecule has 12 nitrogen and oxygen atoms in total. The number of carbonyl (C=O) groups is 5. The quantitative estimate of drug-likeness (QED) is 0.217. The van der Waals surface area contributed by atoms with Gasteiger partial charge in [0.25, 0.3) is 11.8 Å². The zero-order valence-electron chi connectivity index (χ0n) is 15.8. The highest BCUT2D eigenvalue weighted by molar-refractivity contribution is 6.01. The van der Waals surface area contributed by atoms with Gasteiger partial charge in [0.2, 0.25) is 0 Å². The molecular formula is C16H26N4O8. The first-order valence-corrected chi connectivity index (χ1v) is 8.88. The SMILES string of the molecule is CCN(CCN(CCNCC(=O)O)CC(=O)O)CC(=O)ON1C(=O)CCC1=O. The smallest absolute Gasteiger partial charge is 0.347 e. The van der Waals surface area contributed by atoms with Crippen LogP contribution in [0.25, 0.3) is 0 Å². The highest BCUT2D eigenvalue weighted by Gasteiger charge is 2.33. The number of likely N-dealkylation sites (N-methyl/N-ethyl adjacent to an activating group) is 1. The summed E-state index contributed by atoms with van der Waals surface area (Å²) in [6.45, 7) is 2.94. The summed E-state index contributed by atoms with van der Waals surface area (Å²) >= 11 is 0. The fourth-order valence-electron chi connectivity index (χ4n) is 2.50. The monoisotopic (exact) mass is 402 g/mol. The van der Waals surface area contributed by atoms with Gasteiger partial charge >= 0.3 is 17.9 Å². The van der Waals surface area contributed by atoms with Crippen molar-refractivity contribution in [3.63, 3.8) is 0 Å². The molecule has 0 aliphatic carbocycles.